The highest BCUT2D eigenvalue weighted by atomic mass is 35.5. The predicted octanol–water partition coefficient (Wildman–Crippen LogP) is 3.18. The van der Waals surface area contributed by atoms with E-state index in [-0.39, 0.29) is 11.9 Å². The zero-order chi connectivity index (χ0) is 17.5. The van der Waals surface area contributed by atoms with Gasteiger partial charge >= 0.3 is 0 Å². The molecule has 0 radical (unpaired) electrons. The van der Waals surface area contributed by atoms with Crippen LogP contribution in [-0.2, 0) is 0 Å². The molecule has 3 N–H and O–H groups in total. The summed E-state index contributed by atoms with van der Waals surface area (Å²) < 4.78 is 10.7. The van der Waals surface area contributed by atoms with E-state index in [4.69, 9.17) is 26.8 Å². The Bertz CT molecular complexity index is 692. The van der Waals surface area contributed by atoms with Gasteiger partial charge in [-0.15, -0.1) is 0 Å². The molecule has 0 aliphatic heterocycles. The largest absolute Gasteiger partial charge is 0.493 e. The molecular weight excluding hydrogens is 328 g/mol. The second-order valence-electron chi connectivity index (χ2n) is 5.15. The predicted molar refractivity (Wildman–Crippen MR) is 94.9 cm³/mol. The Morgan fingerprint density at radius 1 is 1.29 bits per heavy atom. The quantitative estimate of drug-likeness (QED) is 0.806. The zero-order valence-corrected chi connectivity index (χ0v) is 14.5. The van der Waals surface area contributed by atoms with Gasteiger partial charge in [-0.1, -0.05) is 41.9 Å². The summed E-state index contributed by atoms with van der Waals surface area (Å²) in [7, 11) is 1.50. The van der Waals surface area contributed by atoms with Gasteiger partial charge in [0.1, 0.15) is 0 Å². The summed E-state index contributed by atoms with van der Waals surface area (Å²) >= 11 is 6.19. The summed E-state index contributed by atoms with van der Waals surface area (Å²) in [5.41, 5.74) is 7.43. The molecule has 0 aliphatic rings. The molecule has 0 aromatic heterocycles. The average Bonchev–Trinajstić information content (AvgIpc) is 2.61. The number of amides is 1. The zero-order valence-electron chi connectivity index (χ0n) is 13.7. The van der Waals surface area contributed by atoms with Gasteiger partial charge in [-0.25, -0.2) is 0 Å². The maximum atomic E-state index is 12.3. The number of rotatable bonds is 7. The molecule has 0 spiro atoms. The Morgan fingerprint density at radius 2 is 2.00 bits per heavy atom. The number of halogens is 1. The number of carbonyl (C=O) groups excluding carboxylic acids is 1. The van der Waals surface area contributed by atoms with E-state index in [2.05, 4.69) is 5.32 Å². The Balaban J connectivity index is 2.08. The van der Waals surface area contributed by atoms with Crippen molar-refractivity contribution in [3.8, 4) is 11.5 Å². The van der Waals surface area contributed by atoms with E-state index in [1.54, 1.807) is 12.1 Å². The smallest absolute Gasteiger partial charge is 0.251 e. The van der Waals surface area contributed by atoms with Crippen LogP contribution >= 0.6 is 11.6 Å². The van der Waals surface area contributed by atoms with Gasteiger partial charge in [0.2, 0.25) is 0 Å². The summed E-state index contributed by atoms with van der Waals surface area (Å²) in [6.07, 6.45) is 0. The number of carbonyl (C=O) groups is 1. The van der Waals surface area contributed by atoms with Crippen LogP contribution in [-0.4, -0.2) is 26.2 Å². The minimum absolute atomic E-state index is 0.273. The van der Waals surface area contributed by atoms with Gasteiger partial charge in [-0.2, -0.15) is 0 Å². The molecule has 128 valence electrons. The van der Waals surface area contributed by atoms with Crippen molar-refractivity contribution >= 4 is 17.5 Å². The lowest BCUT2D eigenvalue weighted by Crippen LogP contribution is -2.31. The van der Waals surface area contributed by atoms with Gasteiger partial charge in [-0.3, -0.25) is 4.79 Å². The monoisotopic (exact) mass is 348 g/mol. The van der Waals surface area contributed by atoms with Crippen molar-refractivity contribution in [3.05, 3.63) is 58.6 Å². The number of nitrogens with one attached hydrogen (secondary N) is 1. The van der Waals surface area contributed by atoms with Crippen molar-refractivity contribution < 1.29 is 14.3 Å². The molecule has 5 nitrogen and oxygen atoms in total. The van der Waals surface area contributed by atoms with Crippen LogP contribution in [0.1, 0.15) is 28.9 Å². The lowest BCUT2D eigenvalue weighted by molar-refractivity contribution is 0.0951. The number of ether oxygens (including phenoxy) is 2. The molecule has 6 heteroatoms. The minimum atomic E-state index is -0.282. The molecule has 0 saturated heterocycles. The highest BCUT2D eigenvalue weighted by Gasteiger charge is 2.16. The Hall–Kier alpha value is -2.24. The van der Waals surface area contributed by atoms with Crippen molar-refractivity contribution in [2.75, 3.05) is 20.3 Å². The van der Waals surface area contributed by atoms with E-state index in [1.165, 1.54) is 7.11 Å². The second kappa shape index (κ2) is 8.57. The molecular formula is C18H21ClN2O3. The number of methoxy groups -OCH3 is 1. The van der Waals surface area contributed by atoms with Crippen molar-refractivity contribution in [2.24, 2.45) is 5.73 Å². The highest BCUT2D eigenvalue weighted by Crippen LogP contribution is 2.36. The molecule has 24 heavy (non-hydrogen) atoms. The summed E-state index contributed by atoms with van der Waals surface area (Å²) in [6.45, 7) is 2.62. The third kappa shape index (κ3) is 4.40. The third-order valence-corrected chi connectivity index (χ3v) is 3.77. The first kappa shape index (κ1) is 18.1. The topological polar surface area (TPSA) is 73.6 Å². The first-order valence-corrected chi connectivity index (χ1v) is 8.03. The maximum Gasteiger partial charge on any atom is 0.251 e. The van der Waals surface area contributed by atoms with Gasteiger partial charge in [0.15, 0.2) is 11.5 Å². The minimum Gasteiger partial charge on any atom is -0.493 e. The number of nitrogens with two attached hydrogens (primary N) is 1. The third-order valence-electron chi connectivity index (χ3n) is 3.49. The van der Waals surface area contributed by atoms with Crippen LogP contribution in [0.5, 0.6) is 11.5 Å². The van der Waals surface area contributed by atoms with Crippen LogP contribution in [0.2, 0.25) is 5.02 Å². The second-order valence-corrected chi connectivity index (χ2v) is 5.56. The fraction of sp³-hybridized carbons (Fsp3) is 0.278. The van der Waals surface area contributed by atoms with Crippen molar-refractivity contribution in [3.63, 3.8) is 0 Å². The lowest BCUT2D eigenvalue weighted by Gasteiger charge is -2.15. The molecule has 1 amide bonds. The van der Waals surface area contributed by atoms with Crippen LogP contribution in [0.25, 0.3) is 0 Å². The van der Waals surface area contributed by atoms with E-state index in [0.29, 0.717) is 35.2 Å². The van der Waals surface area contributed by atoms with Crippen molar-refractivity contribution in [2.45, 2.75) is 13.0 Å². The number of hydrogen-bond acceptors (Lipinski definition) is 4. The molecule has 2 aromatic carbocycles. The molecule has 2 rings (SSSR count). The van der Waals surface area contributed by atoms with E-state index >= 15 is 0 Å². The fourth-order valence-corrected chi connectivity index (χ4v) is 2.52. The first-order valence-electron chi connectivity index (χ1n) is 7.65. The first-order chi connectivity index (χ1) is 11.6. The molecule has 0 aliphatic carbocycles. The van der Waals surface area contributed by atoms with Gasteiger partial charge < -0.3 is 20.5 Å². The van der Waals surface area contributed by atoms with E-state index in [1.807, 2.05) is 37.3 Å². The standard InChI is InChI=1S/C18H21ClN2O3/c1-3-24-17-14(19)9-13(10-16(17)23-2)18(22)21-11-15(20)12-7-5-4-6-8-12/h4-10,15H,3,11,20H2,1-2H3,(H,21,22). The van der Waals surface area contributed by atoms with Gasteiger partial charge in [0.25, 0.3) is 5.91 Å². The summed E-state index contributed by atoms with van der Waals surface area (Å²) in [5.74, 6) is 0.575. The lowest BCUT2D eigenvalue weighted by atomic mass is 10.1. The Labute approximate surface area is 146 Å². The SMILES string of the molecule is CCOc1c(Cl)cc(C(=O)NCC(N)c2ccccc2)cc1OC. The molecule has 0 bridgehead atoms. The number of benzene rings is 2. The fourth-order valence-electron chi connectivity index (χ4n) is 2.26. The van der Waals surface area contributed by atoms with Gasteiger partial charge in [0, 0.05) is 18.2 Å². The molecule has 1 unspecified atom stereocenters. The average molecular weight is 349 g/mol. The molecule has 0 saturated carbocycles. The number of hydrogen-bond donors (Lipinski definition) is 2. The van der Waals surface area contributed by atoms with Crippen LogP contribution in [0.4, 0.5) is 0 Å². The summed E-state index contributed by atoms with van der Waals surface area (Å²) in [4.78, 5) is 12.3. The molecule has 2 aromatic rings. The summed E-state index contributed by atoms with van der Waals surface area (Å²) in [6, 6.07) is 12.5. The van der Waals surface area contributed by atoms with Crippen LogP contribution in [0.3, 0.4) is 0 Å². The normalized spacial score (nSPS) is 11.7. The summed E-state index contributed by atoms with van der Waals surface area (Å²) in [5, 5.41) is 3.14. The molecule has 0 fully saturated rings. The van der Waals surface area contributed by atoms with Crippen LogP contribution in [0, 0.1) is 0 Å². The Kier molecular flexibility index (Phi) is 6.46. The molecule has 1 atom stereocenters. The van der Waals surface area contributed by atoms with Gasteiger partial charge in [-0.05, 0) is 24.6 Å². The van der Waals surface area contributed by atoms with Crippen LogP contribution < -0.4 is 20.5 Å². The van der Waals surface area contributed by atoms with Gasteiger partial charge in [0.05, 0.1) is 18.7 Å². The highest BCUT2D eigenvalue weighted by molar-refractivity contribution is 6.32. The maximum absolute atomic E-state index is 12.3. The van der Waals surface area contributed by atoms with E-state index in [9.17, 15) is 4.79 Å². The van der Waals surface area contributed by atoms with Crippen molar-refractivity contribution in [1.82, 2.24) is 5.32 Å². The van der Waals surface area contributed by atoms with E-state index in [0.717, 1.165) is 5.56 Å². The van der Waals surface area contributed by atoms with E-state index < -0.39 is 0 Å². The van der Waals surface area contributed by atoms with Crippen LogP contribution in [0.15, 0.2) is 42.5 Å². The molecule has 0 heterocycles. The van der Waals surface area contributed by atoms with Crippen molar-refractivity contribution in [1.29, 1.82) is 0 Å². The Morgan fingerprint density at radius 3 is 2.62 bits per heavy atom.